The Balaban J connectivity index is 2.12. The Bertz CT molecular complexity index is 290. The second-order valence-corrected chi connectivity index (χ2v) is 7.36. The molecule has 0 aromatic carbocycles. The minimum atomic E-state index is 0.542. The summed E-state index contributed by atoms with van der Waals surface area (Å²) in [5, 5.41) is 0. The minimum Gasteiger partial charge on any atom is -0.0577 e. The standard InChI is InChI=1S/C15H25/c1-11-6-7-12-13(2,3)10-14(4)8-5-9-15(11,12)14/h11H,5-10H2,1-4H3/q+1/t11-,14+,15+/m1/s1. The average molecular weight is 205 g/mol. The van der Waals surface area contributed by atoms with Crippen molar-refractivity contribution in [2.45, 2.75) is 66.2 Å². The van der Waals surface area contributed by atoms with Crippen molar-refractivity contribution in [2.24, 2.45) is 22.2 Å². The van der Waals surface area contributed by atoms with Crippen molar-refractivity contribution in [3.63, 3.8) is 0 Å². The first-order valence-electron chi connectivity index (χ1n) is 6.79. The molecule has 1 spiro atoms. The third kappa shape index (κ3) is 0.929. The van der Waals surface area contributed by atoms with E-state index in [0.29, 0.717) is 16.2 Å². The van der Waals surface area contributed by atoms with E-state index in [-0.39, 0.29) is 0 Å². The van der Waals surface area contributed by atoms with Gasteiger partial charge in [0.15, 0.2) is 0 Å². The molecule has 84 valence electrons. The van der Waals surface area contributed by atoms with E-state index in [4.69, 9.17) is 0 Å². The van der Waals surface area contributed by atoms with Gasteiger partial charge in [-0.25, -0.2) is 0 Å². The predicted octanol–water partition coefficient (Wildman–Crippen LogP) is 4.60. The Hall–Kier alpha value is -0.130. The Morgan fingerprint density at radius 3 is 2.60 bits per heavy atom. The van der Waals surface area contributed by atoms with Crippen LogP contribution in [0.1, 0.15) is 66.2 Å². The molecule has 0 aromatic heterocycles. The maximum absolute atomic E-state index is 2.59. The van der Waals surface area contributed by atoms with Crippen molar-refractivity contribution in [3.8, 4) is 0 Å². The van der Waals surface area contributed by atoms with E-state index in [9.17, 15) is 0 Å². The summed E-state index contributed by atoms with van der Waals surface area (Å²) in [6, 6.07) is 0. The monoisotopic (exact) mass is 205 g/mol. The normalized spacial score (nSPS) is 52.0. The van der Waals surface area contributed by atoms with E-state index < -0.39 is 0 Å². The van der Waals surface area contributed by atoms with E-state index in [1.54, 1.807) is 0 Å². The van der Waals surface area contributed by atoms with E-state index in [2.05, 4.69) is 27.7 Å². The van der Waals surface area contributed by atoms with Crippen LogP contribution in [-0.4, -0.2) is 0 Å². The molecular weight excluding hydrogens is 180 g/mol. The summed E-state index contributed by atoms with van der Waals surface area (Å²) in [7, 11) is 0. The van der Waals surface area contributed by atoms with Crippen LogP contribution in [0.25, 0.3) is 0 Å². The summed E-state index contributed by atoms with van der Waals surface area (Å²) >= 11 is 0. The molecule has 3 rings (SSSR count). The summed E-state index contributed by atoms with van der Waals surface area (Å²) < 4.78 is 0. The summed E-state index contributed by atoms with van der Waals surface area (Å²) in [6.45, 7) is 10.1. The van der Waals surface area contributed by atoms with Gasteiger partial charge in [0.1, 0.15) is 16.7 Å². The third-order valence-electron chi connectivity index (χ3n) is 6.23. The van der Waals surface area contributed by atoms with Gasteiger partial charge in [-0.2, -0.15) is 0 Å². The molecule has 0 heteroatoms. The predicted molar refractivity (Wildman–Crippen MR) is 64.4 cm³/mol. The molecule has 0 bridgehead atoms. The quantitative estimate of drug-likeness (QED) is 0.507. The molecule has 0 nitrogen and oxygen atoms in total. The minimum absolute atomic E-state index is 0.542. The van der Waals surface area contributed by atoms with Crippen LogP contribution in [0.5, 0.6) is 0 Å². The van der Waals surface area contributed by atoms with Crippen LogP contribution in [0.15, 0.2) is 0 Å². The van der Waals surface area contributed by atoms with Crippen molar-refractivity contribution in [2.75, 3.05) is 0 Å². The maximum Gasteiger partial charge on any atom is 0.119 e. The molecule has 3 aliphatic rings. The van der Waals surface area contributed by atoms with Gasteiger partial charge in [0.25, 0.3) is 0 Å². The highest BCUT2D eigenvalue weighted by Gasteiger charge is 2.77. The largest absolute Gasteiger partial charge is 0.119 e. The summed E-state index contributed by atoms with van der Waals surface area (Å²) in [6.07, 6.45) is 8.84. The van der Waals surface area contributed by atoms with E-state index in [1.165, 1.54) is 38.5 Å². The van der Waals surface area contributed by atoms with Gasteiger partial charge in [-0.1, -0.05) is 13.8 Å². The van der Waals surface area contributed by atoms with E-state index >= 15 is 0 Å². The lowest BCUT2D eigenvalue weighted by Gasteiger charge is -2.34. The van der Waals surface area contributed by atoms with Crippen molar-refractivity contribution in [1.82, 2.24) is 0 Å². The van der Waals surface area contributed by atoms with Gasteiger partial charge in [-0.3, -0.25) is 0 Å². The van der Waals surface area contributed by atoms with Crippen LogP contribution in [0, 0.1) is 28.1 Å². The van der Waals surface area contributed by atoms with Crippen LogP contribution in [-0.2, 0) is 0 Å². The fourth-order valence-corrected chi connectivity index (χ4v) is 6.04. The van der Waals surface area contributed by atoms with Gasteiger partial charge in [0.2, 0.25) is 0 Å². The zero-order valence-electron chi connectivity index (χ0n) is 10.8. The highest BCUT2D eigenvalue weighted by Crippen LogP contribution is 2.78. The van der Waals surface area contributed by atoms with Gasteiger partial charge in [0.05, 0.1) is 6.42 Å². The van der Waals surface area contributed by atoms with Gasteiger partial charge in [-0.15, -0.1) is 0 Å². The fraction of sp³-hybridized carbons (Fsp3) is 0.933. The molecule has 3 saturated carbocycles. The first-order valence-corrected chi connectivity index (χ1v) is 6.79. The zero-order valence-corrected chi connectivity index (χ0v) is 10.8. The Morgan fingerprint density at radius 2 is 1.87 bits per heavy atom. The van der Waals surface area contributed by atoms with Gasteiger partial charge >= 0.3 is 0 Å². The molecule has 0 heterocycles. The van der Waals surface area contributed by atoms with Crippen LogP contribution in [0.2, 0.25) is 0 Å². The molecule has 15 heavy (non-hydrogen) atoms. The van der Waals surface area contributed by atoms with Gasteiger partial charge in [-0.05, 0) is 39.5 Å². The topological polar surface area (TPSA) is 0 Å². The average Bonchev–Trinajstić information content (AvgIpc) is 2.62. The Kier molecular flexibility index (Phi) is 1.73. The SMILES string of the molecule is C[C@@H]1CC[C+]2C(C)(C)C[C@]3(C)CCC[C@@]213. The fourth-order valence-electron chi connectivity index (χ4n) is 6.04. The molecule has 0 amide bonds. The molecule has 0 N–H and O–H groups in total. The zero-order chi connectivity index (χ0) is 10.9. The van der Waals surface area contributed by atoms with Crippen molar-refractivity contribution < 1.29 is 0 Å². The highest BCUT2D eigenvalue weighted by molar-refractivity contribution is 5.32. The van der Waals surface area contributed by atoms with Crippen LogP contribution < -0.4 is 0 Å². The van der Waals surface area contributed by atoms with Gasteiger partial charge < -0.3 is 0 Å². The molecular formula is C15H25+. The van der Waals surface area contributed by atoms with Crippen LogP contribution in [0.3, 0.4) is 0 Å². The third-order valence-corrected chi connectivity index (χ3v) is 6.23. The maximum atomic E-state index is 2.59. The molecule has 3 atom stereocenters. The van der Waals surface area contributed by atoms with Crippen LogP contribution in [0.4, 0.5) is 0 Å². The van der Waals surface area contributed by atoms with Crippen molar-refractivity contribution >= 4 is 0 Å². The first kappa shape index (κ1) is 10.1. The first-order chi connectivity index (χ1) is 6.92. The van der Waals surface area contributed by atoms with E-state index in [1.807, 2.05) is 5.92 Å². The smallest absolute Gasteiger partial charge is 0.0577 e. The summed E-state index contributed by atoms with van der Waals surface area (Å²) in [5.74, 6) is 2.92. The molecule has 0 aromatic rings. The molecule has 0 aliphatic heterocycles. The number of hydrogen-bond donors (Lipinski definition) is 0. The number of rotatable bonds is 0. The van der Waals surface area contributed by atoms with E-state index in [0.717, 1.165) is 5.92 Å². The molecule has 0 saturated heterocycles. The van der Waals surface area contributed by atoms with Crippen molar-refractivity contribution in [1.29, 1.82) is 0 Å². The van der Waals surface area contributed by atoms with Gasteiger partial charge in [0, 0.05) is 17.8 Å². The second kappa shape index (κ2) is 2.57. The van der Waals surface area contributed by atoms with Crippen molar-refractivity contribution in [3.05, 3.63) is 5.92 Å². The molecule has 0 unspecified atom stereocenters. The second-order valence-electron chi connectivity index (χ2n) is 7.36. The lowest BCUT2D eigenvalue weighted by atomic mass is 9.62. The lowest BCUT2D eigenvalue weighted by molar-refractivity contribution is 0.102. The lowest BCUT2D eigenvalue weighted by Crippen LogP contribution is -2.36. The Labute approximate surface area is 94.8 Å². The molecule has 0 radical (unpaired) electrons. The summed E-state index contributed by atoms with van der Waals surface area (Å²) in [4.78, 5) is 0. The summed E-state index contributed by atoms with van der Waals surface area (Å²) in [5.41, 5.74) is 1.86. The number of hydrogen-bond acceptors (Lipinski definition) is 0. The molecule has 3 fully saturated rings. The highest BCUT2D eigenvalue weighted by atomic mass is 14.7. The molecule has 3 aliphatic carbocycles. The Morgan fingerprint density at radius 1 is 1.13 bits per heavy atom. The van der Waals surface area contributed by atoms with Crippen LogP contribution >= 0.6 is 0 Å².